The molecule has 2 rings (SSSR count). The van der Waals surface area contributed by atoms with Crippen LogP contribution in [0.3, 0.4) is 0 Å². The molecule has 2 amide bonds. The number of hydrogen-bond acceptors (Lipinski definition) is 3. The number of nitrogens with zero attached hydrogens (tertiary/aromatic N) is 1. The molecular formula is C18H29N3O2. The van der Waals surface area contributed by atoms with Crippen LogP contribution in [0.25, 0.3) is 0 Å². The summed E-state index contributed by atoms with van der Waals surface area (Å²) in [6, 6.07) is 7.83. The van der Waals surface area contributed by atoms with Gasteiger partial charge in [-0.15, -0.1) is 0 Å². The molecular weight excluding hydrogens is 290 g/mol. The summed E-state index contributed by atoms with van der Waals surface area (Å²) in [5.41, 5.74) is 1.98. The molecule has 23 heavy (non-hydrogen) atoms. The van der Waals surface area contributed by atoms with E-state index in [1.165, 1.54) is 18.5 Å². The lowest BCUT2D eigenvalue weighted by Crippen LogP contribution is -2.33. The second-order valence-electron chi connectivity index (χ2n) is 6.67. The van der Waals surface area contributed by atoms with Crippen molar-refractivity contribution in [1.29, 1.82) is 0 Å². The predicted molar refractivity (Wildman–Crippen MR) is 94.9 cm³/mol. The van der Waals surface area contributed by atoms with Crippen LogP contribution >= 0.6 is 0 Å². The Morgan fingerprint density at radius 1 is 1.39 bits per heavy atom. The van der Waals surface area contributed by atoms with Crippen molar-refractivity contribution >= 4 is 17.4 Å². The third-order valence-corrected chi connectivity index (χ3v) is 4.49. The third kappa shape index (κ3) is 5.75. The Morgan fingerprint density at radius 2 is 2.13 bits per heavy atom. The summed E-state index contributed by atoms with van der Waals surface area (Å²) in [5, 5.41) is 14.6. The average molecular weight is 319 g/mol. The molecule has 1 atom stereocenters. The molecule has 128 valence electrons. The standard InChI is InChI=1S/C18H29N3O2/c1-14-6-9-21(10-7-14)17-5-3-4-16(12-17)20-18(23)19-13-15(2)8-11-22/h3-5,12,14-15,22H,6-11,13H2,1-2H3,(H2,19,20,23)/t15-/m1/s1. The molecule has 0 bridgehead atoms. The molecule has 1 aromatic rings. The van der Waals surface area contributed by atoms with Crippen molar-refractivity contribution in [1.82, 2.24) is 5.32 Å². The summed E-state index contributed by atoms with van der Waals surface area (Å²) in [4.78, 5) is 14.3. The number of nitrogens with one attached hydrogen (secondary N) is 2. The van der Waals surface area contributed by atoms with Crippen molar-refractivity contribution in [3.63, 3.8) is 0 Å². The maximum atomic E-state index is 12.0. The summed E-state index contributed by atoms with van der Waals surface area (Å²) >= 11 is 0. The van der Waals surface area contributed by atoms with Gasteiger partial charge in [-0.2, -0.15) is 0 Å². The van der Waals surface area contributed by atoms with Crippen LogP contribution in [0.4, 0.5) is 16.2 Å². The van der Waals surface area contributed by atoms with Gasteiger partial charge in [0.15, 0.2) is 0 Å². The van der Waals surface area contributed by atoms with Crippen LogP contribution in [-0.2, 0) is 0 Å². The Kier molecular flexibility index (Phi) is 6.71. The molecule has 0 aromatic heterocycles. The van der Waals surface area contributed by atoms with Gasteiger partial charge in [0, 0.05) is 37.6 Å². The number of benzene rings is 1. The van der Waals surface area contributed by atoms with Crippen LogP contribution in [0.15, 0.2) is 24.3 Å². The van der Waals surface area contributed by atoms with Gasteiger partial charge >= 0.3 is 6.03 Å². The minimum atomic E-state index is -0.195. The third-order valence-electron chi connectivity index (χ3n) is 4.49. The van der Waals surface area contributed by atoms with Gasteiger partial charge in [0.05, 0.1) is 0 Å². The fourth-order valence-corrected chi connectivity index (χ4v) is 2.81. The maximum absolute atomic E-state index is 12.0. The summed E-state index contributed by atoms with van der Waals surface area (Å²) in [7, 11) is 0. The second kappa shape index (κ2) is 8.77. The molecule has 3 N–H and O–H groups in total. The van der Waals surface area contributed by atoms with Gasteiger partial charge in [0.25, 0.3) is 0 Å². The van der Waals surface area contributed by atoms with E-state index in [0.29, 0.717) is 13.0 Å². The molecule has 1 saturated heterocycles. The smallest absolute Gasteiger partial charge is 0.319 e. The first-order chi connectivity index (χ1) is 11.1. The zero-order valence-electron chi connectivity index (χ0n) is 14.2. The monoisotopic (exact) mass is 319 g/mol. The molecule has 0 aliphatic carbocycles. The van der Waals surface area contributed by atoms with Crippen LogP contribution < -0.4 is 15.5 Å². The highest BCUT2D eigenvalue weighted by Crippen LogP contribution is 2.25. The normalized spacial score (nSPS) is 16.9. The SMILES string of the molecule is CC1CCN(c2cccc(NC(=O)NC[C@H](C)CCO)c2)CC1. The Labute approximate surface area is 139 Å². The van der Waals surface area contributed by atoms with Gasteiger partial charge in [-0.1, -0.05) is 19.9 Å². The van der Waals surface area contributed by atoms with Crippen molar-refractivity contribution in [3.8, 4) is 0 Å². The Bertz CT molecular complexity index is 499. The number of amides is 2. The van der Waals surface area contributed by atoms with E-state index in [-0.39, 0.29) is 18.6 Å². The van der Waals surface area contributed by atoms with Gasteiger partial charge < -0.3 is 20.6 Å². The molecule has 0 unspecified atom stereocenters. The number of rotatable bonds is 6. The fraction of sp³-hybridized carbons (Fsp3) is 0.611. The van der Waals surface area contributed by atoms with Crippen LogP contribution in [0.1, 0.15) is 33.1 Å². The first-order valence-corrected chi connectivity index (χ1v) is 8.59. The molecule has 0 saturated carbocycles. The van der Waals surface area contributed by atoms with E-state index in [4.69, 9.17) is 5.11 Å². The second-order valence-corrected chi connectivity index (χ2v) is 6.67. The minimum absolute atomic E-state index is 0.154. The number of aliphatic hydroxyl groups is 1. The molecule has 1 fully saturated rings. The van der Waals surface area contributed by atoms with E-state index < -0.39 is 0 Å². The summed E-state index contributed by atoms with van der Waals surface area (Å²) < 4.78 is 0. The largest absolute Gasteiger partial charge is 0.396 e. The lowest BCUT2D eigenvalue weighted by Gasteiger charge is -2.32. The number of carbonyl (C=O) groups excluding carboxylic acids is 1. The zero-order chi connectivity index (χ0) is 16.7. The van der Waals surface area contributed by atoms with Crippen LogP contribution in [-0.4, -0.2) is 37.4 Å². The molecule has 5 heteroatoms. The van der Waals surface area contributed by atoms with E-state index in [1.54, 1.807) is 0 Å². The Hall–Kier alpha value is -1.75. The molecule has 1 aromatic carbocycles. The van der Waals surface area contributed by atoms with Gasteiger partial charge in [0.1, 0.15) is 0 Å². The molecule has 5 nitrogen and oxygen atoms in total. The molecule has 0 spiro atoms. The van der Waals surface area contributed by atoms with E-state index in [1.807, 2.05) is 25.1 Å². The average Bonchev–Trinajstić information content (AvgIpc) is 2.54. The van der Waals surface area contributed by atoms with Crippen molar-refractivity contribution in [2.45, 2.75) is 33.1 Å². The summed E-state index contributed by atoms with van der Waals surface area (Å²) in [6.07, 6.45) is 3.14. The molecule has 1 aliphatic rings. The number of carbonyl (C=O) groups is 1. The number of urea groups is 1. The molecule has 1 heterocycles. The summed E-state index contributed by atoms with van der Waals surface area (Å²) in [5.74, 6) is 1.08. The highest BCUT2D eigenvalue weighted by atomic mass is 16.3. The number of piperidine rings is 1. The molecule has 0 radical (unpaired) electrons. The number of hydrogen-bond donors (Lipinski definition) is 3. The highest BCUT2D eigenvalue weighted by molar-refractivity contribution is 5.89. The Morgan fingerprint density at radius 3 is 2.83 bits per heavy atom. The van der Waals surface area contributed by atoms with Crippen LogP contribution in [0, 0.1) is 11.8 Å². The van der Waals surface area contributed by atoms with Gasteiger partial charge in [-0.05, 0) is 49.3 Å². The number of anilines is 2. The van der Waals surface area contributed by atoms with E-state index >= 15 is 0 Å². The molecule has 1 aliphatic heterocycles. The van der Waals surface area contributed by atoms with Crippen molar-refractivity contribution in [2.75, 3.05) is 36.5 Å². The maximum Gasteiger partial charge on any atom is 0.319 e. The van der Waals surface area contributed by atoms with Crippen molar-refractivity contribution < 1.29 is 9.90 Å². The van der Waals surface area contributed by atoms with Crippen molar-refractivity contribution in [3.05, 3.63) is 24.3 Å². The van der Waals surface area contributed by atoms with Crippen LogP contribution in [0.2, 0.25) is 0 Å². The zero-order valence-corrected chi connectivity index (χ0v) is 14.2. The Balaban J connectivity index is 1.86. The van der Waals surface area contributed by atoms with Gasteiger partial charge in [-0.3, -0.25) is 0 Å². The van der Waals surface area contributed by atoms with E-state index in [2.05, 4.69) is 28.5 Å². The fourth-order valence-electron chi connectivity index (χ4n) is 2.81. The topological polar surface area (TPSA) is 64.6 Å². The highest BCUT2D eigenvalue weighted by Gasteiger charge is 2.16. The first kappa shape index (κ1) is 17.6. The van der Waals surface area contributed by atoms with Gasteiger partial charge in [0.2, 0.25) is 0 Å². The lowest BCUT2D eigenvalue weighted by molar-refractivity contribution is 0.243. The van der Waals surface area contributed by atoms with Gasteiger partial charge in [-0.25, -0.2) is 4.79 Å². The van der Waals surface area contributed by atoms with E-state index in [0.717, 1.165) is 24.7 Å². The number of aliphatic hydroxyl groups excluding tert-OH is 1. The summed E-state index contributed by atoms with van der Waals surface area (Å²) in [6.45, 7) is 7.19. The minimum Gasteiger partial charge on any atom is -0.396 e. The predicted octanol–water partition coefficient (Wildman–Crippen LogP) is 3.06. The first-order valence-electron chi connectivity index (χ1n) is 8.59. The van der Waals surface area contributed by atoms with E-state index in [9.17, 15) is 4.79 Å². The lowest BCUT2D eigenvalue weighted by atomic mass is 9.99. The van der Waals surface area contributed by atoms with Crippen molar-refractivity contribution in [2.24, 2.45) is 11.8 Å². The quantitative estimate of drug-likeness (QED) is 0.755. The van der Waals surface area contributed by atoms with Crippen LogP contribution in [0.5, 0.6) is 0 Å².